The van der Waals surface area contributed by atoms with Crippen LogP contribution in [0.1, 0.15) is 5.56 Å². The Morgan fingerprint density at radius 2 is 1.94 bits per heavy atom. The van der Waals surface area contributed by atoms with E-state index in [2.05, 4.69) is 31.9 Å². The lowest BCUT2D eigenvalue weighted by molar-refractivity contribution is -0.385. The van der Waals surface area contributed by atoms with E-state index in [0.29, 0.717) is 8.95 Å². The van der Waals surface area contributed by atoms with Crippen LogP contribution in [0.5, 0.6) is 0 Å². The second-order valence-corrected chi connectivity index (χ2v) is 4.43. The molecule has 5 nitrogen and oxygen atoms in total. The molecule has 0 atom stereocenters. The zero-order valence-corrected chi connectivity index (χ0v) is 10.9. The number of carbonyl (C=O) groups is 1. The van der Waals surface area contributed by atoms with Gasteiger partial charge in [-0.25, -0.2) is 4.79 Å². The molecule has 0 aliphatic heterocycles. The summed E-state index contributed by atoms with van der Waals surface area (Å²) < 4.78 is 0.755. The fourth-order valence-electron chi connectivity index (χ4n) is 1.06. The van der Waals surface area contributed by atoms with Crippen LogP contribution in [0.4, 0.5) is 5.69 Å². The van der Waals surface area contributed by atoms with Gasteiger partial charge >= 0.3 is 5.97 Å². The maximum atomic E-state index is 10.8. The van der Waals surface area contributed by atoms with E-state index < -0.39 is 10.9 Å². The number of halogens is 2. The van der Waals surface area contributed by atoms with Gasteiger partial charge in [-0.1, -0.05) is 0 Å². The number of carboxylic acids is 1. The highest BCUT2D eigenvalue weighted by Gasteiger charge is 2.19. The van der Waals surface area contributed by atoms with Crippen molar-refractivity contribution in [2.24, 2.45) is 0 Å². The number of rotatable bonds is 3. The lowest BCUT2D eigenvalue weighted by Crippen LogP contribution is -1.95. The normalized spacial score (nSPS) is 10.6. The molecule has 7 heteroatoms. The van der Waals surface area contributed by atoms with Gasteiger partial charge in [-0.05, 0) is 50.1 Å². The molecule has 0 saturated heterocycles. The number of carboxylic acid groups (broad SMARTS) is 1. The lowest BCUT2D eigenvalue weighted by Gasteiger charge is -2.02. The predicted molar refractivity (Wildman–Crippen MR) is 65.2 cm³/mol. The van der Waals surface area contributed by atoms with E-state index in [1.807, 2.05) is 0 Å². The van der Waals surface area contributed by atoms with Gasteiger partial charge in [-0.15, -0.1) is 0 Å². The SMILES string of the molecule is O=C(O)/C=C/c1c(Br)ccc(Br)c1[N+](=O)[O-]. The first-order chi connectivity index (χ1) is 7.43. The molecule has 1 aromatic rings. The summed E-state index contributed by atoms with van der Waals surface area (Å²) in [6, 6.07) is 3.11. The van der Waals surface area contributed by atoms with Crippen molar-refractivity contribution in [2.45, 2.75) is 0 Å². The van der Waals surface area contributed by atoms with Gasteiger partial charge in [-0.3, -0.25) is 10.1 Å². The minimum absolute atomic E-state index is 0.174. The van der Waals surface area contributed by atoms with E-state index in [1.165, 1.54) is 12.1 Å². The molecule has 0 spiro atoms. The molecular weight excluding hydrogens is 346 g/mol. The Morgan fingerprint density at radius 3 is 2.44 bits per heavy atom. The van der Waals surface area contributed by atoms with Crippen LogP contribution in [0, 0.1) is 10.1 Å². The summed E-state index contributed by atoms with van der Waals surface area (Å²) in [5, 5.41) is 19.3. The smallest absolute Gasteiger partial charge is 0.328 e. The molecule has 0 aliphatic rings. The molecule has 16 heavy (non-hydrogen) atoms. The van der Waals surface area contributed by atoms with Gasteiger partial charge in [0, 0.05) is 10.5 Å². The molecule has 1 N–H and O–H groups in total. The average Bonchev–Trinajstić information content (AvgIpc) is 2.18. The van der Waals surface area contributed by atoms with Crippen molar-refractivity contribution < 1.29 is 14.8 Å². The molecule has 0 saturated carbocycles. The van der Waals surface area contributed by atoms with Crippen molar-refractivity contribution in [3.05, 3.63) is 42.8 Å². The topological polar surface area (TPSA) is 80.4 Å². The Kier molecular flexibility index (Phi) is 4.19. The second-order valence-electron chi connectivity index (χ2n) is 2.72. The Morgan fingerprint density at radius 1 is 1.38 bits per heavy atom. The van der Waals surface area contributed by atoms with Crippen molar-refractivity contribution in [3.8, 4) is 0 Å². The Balaban J connectivity index is 3.40. The third-order valence-electron chi connectivity index (χ3n) is 1.69. The Labute approximate surface area is 107 Å². The van der Waals surface area contributed by atoms with Gasteiger partial charge in [-0.2, -0.15) is 0 Å². The van der Waals surface area contributed by atoms with E-state index in [9.17, 15) is 14.9 Å². The molecule has 0 amide bonds. The molecule has 0 aliphatic carbocycles. The standard InChI is InChI=1S/C9H5Br2NO4/c10-6-2-3-7(11)9(12(15)16)5(6)1-4-8(13)14/h1-4H,(H,13,14)/b4-1+. The predicted octanol–water partition coefficient (Wildman–Crippen LogP) is 3.22. The number of hydrogen-bond acceptors (Lipinski definition) is 3. The maximum absolute atomic E-state index is 10.8. The molecule has 0 bridgehead atoms. The maximum Gasteiger partial charge on any atom is 0.328 e. The van der Waals surface area contributed by atoms with Gasteiger partial charge in [0.15, 0.2) is 0 Å². The molecular formula is C9H5Br2NO4. The van der Waals surface area contributed by atoms with Crippen molar-refractivity contribution >= 4 is 49.6 Å². The van der Waals surface area contributed by atoms with E-state index in [4.69, 9.17) is 5.11 Å². The number of nitro groups is 1. The minimum atomic E-state index is -1.17. The van der Waals surface area contributed by atoms with E-state index in [1.54, 1.807) is 6.07 Å². The summed E-state index contributed by atoms with van der Waals surface area (Å²) in [6.07, 6.45) is 2.02. The summed E-state index contributed by atoms with van der Waals surface area (Å²) >= 11 is 6.18. The molecule has 84 valence electrons. The fraction of sp³-hybridized carbons (Fsp3) is 0. The van der Waals surface area contributed by atoms with E-state index in [-0.39, 0.29) is 11.3 Å². The third-order valence-corrected chi connectivity index (χ3v) is 3.02. The van der Waals surface area contributed by atoms with Crippen LogP contribution in [-0.2, 0) is 4.79 Å². The first-order valence-electron chi connectivity index (χ1n) is 3.97. The summed E-state index contributed by atoms with van der Waals surface area (Å²) in [7, 11) is 0. The van der Waals surface area contributed by atoms with Gasteiger partial charge < -0.3 is 5.11 Å². The van der Waals surface area contributed by atoms with Gasteiger partial charge in [0.05, 0.1) is 15.0 Å². The van der Waals surface area contributed by atoms with Gasteiger partial charge in [0.25, 0.3) is 5.69 Å². The van der Waals surface area contributed by atoms with Crippen LogP contribution >= 0.6 is 31.9 Å². The highest BCUT2D eigenvalue weighted by Crippen LogP contribution is 2.34. The molecule has 0 aromatic heterocycles. The van der Waals surface area contributed by atoms with E-state index >= 15 is 0 Å². The summed E-state index contributed by atoms with van der Waals surface area (Å²) in [6.45, 7) is 0. The quantitative estimate of drug-likeness (QED) is 0.515. The molecule has 0 radical (unpaired) electrons. The second kappa shape index (κ2) is 5.22. The van der Waals surface area contributed by atoms with Crippen LogP contribution in [-0.4, -0.2) is 16.0 Å². The van der Waals surface area contributed by atoms with Crippen LogP contribution in [0.25, 0.3) is 6.08 Å². The highest BCUT2D eigenvalue weighted by atomic mass is 79.9. The summed E-state index contributed by atoms with van der Waals surface area (Å²) in [5.74, 6) is -1.17. The molecule has 1 aromatic carbocycles. The number of hydrogen-bond donors (Lipinski definition) is 1. The summed E-state index contributed by atoms with van der Waals surface area (Å²) in [5.41, 5.74) is 0.0358. The number of nitrogens with zero attached hydrogens (tertiary/aromatic N) is 1. The highest BCUT2D eigenvalue weighted by molar-refractivity contribution is 9.11. The van der Waals surface area contributed by atoms with Crippen molar-refractivity contribution in [3.63, 3.8) is 0 Å². The molecule has 0 unspecified atom stereocenters. The zero-order chi connectivity index (χ0) is 12.3. The van der Waals surface area contributed by atoms with Gasteiger partial charge in [0.2, 0.25) is 0 Å². The minimum Gasteiger partial charge on any atom is -0.478 e. The van der Waals surface area contributed by atoms with Crippen LogP contribution in [0.2, 0.25) is 0 Å². The van der Waals surface area contributed by atoms with Crippen molar-refractivity contribution in [1.82, 2.24) is 0 Å². The van der Waals surface area contributed by atoms with Gasteiger partial charge in [0.1, 0.15) is 0 Å². The van der Waals surface area contributed by atoms with Crippen LogP contribution < -0.4 is 0 Å². The first-order valence-corrected chi connectivity index (χ1v) is 5.55. The molecule has 0 heterocycles. The largest absolute Gasteiger partial charge is 0.478 e. The zero-order valence-electron chi connectivity index (χ0n) is 7.68. The third kappa shape index (κ3) is 2.89. The number of nitro benzene ring substituents is 1. The lowest BCUT2D eigenvalue weighted by atomic mass is 10.1. The summed E-state index contributed by atoms with van der Waals surface area (Å²) in [4.78, 5) is 20.6. The number of benzene rings is 1. The Hall–Kier alpha value is -1.21. The monoisotopic (exact) mass is 349 g/mol. The van der Waals surface area contributed by atoms with Crippen molar-refractivity contribution in [2.75, 3.05) is 0 Å². The van der Waals surface area contributed by atoms with Crippen LogP contribution in [0.15, 0.2) is 27.2 Å². The average molecular weight is 351 g/mol. The molecule has 0 fully saturated rings. The molecule has 1 rings (SSSR count). The fourth-order valence-corrected chi connectivity index (χ4v) is 2.00. The van der Waals surface area contributed by atoms with E-state index in [0.717, 1.165) is 6.08 Å². The first kappa shape index (κ1) is 12.9. The number of aliphatic carboxylic acids is 1. The Bertz CT molecular complexity index is 485. The van der Waals surface area contributed by atoms with Crippen molar-refractivity contribution in [1.29, 1.82) is 0 Å². The van der Waals surface area contributed by atoms with Crippen LogP contribution in [0.3, 0.4) is 0 Å².